The first kappa shape index (κ1) is 26.1. The van der Waals surface area contributed by atoms with E-state index in [0.29, 0.717) is 6.42 Å². The van der Waals surface area contributed by atoms with E-state index < -0.39 is 16.1 Å². The molecule has 4 N–H and O–H groups in total. The van der Waals surface area contributed by atoms with E-state index in [1.165, 1.54) is 24.3 Å². The summed E-state index contributed by atoms with van der Waals surface area (Å²) in [6.45, 7) is 6.29. The fourth-order valence-electron chi connectivity index (χ4n) is 4.04. The monoisotopic (exact) mass is 524 g/mol. The van der Waals surface area contributed by atoms with E-state index in [1.807, 2.05) is 48.9 Å². The Labute approximate surface area is 214 Å². The first-order chi connectivity index (χ1) is 17.7. The van der Waals surface area contributed by atoms with E-state index in [4.69, 9.17) is 15.2 Å². The van der Waals surface area contributed by atoms with Gasteiger partial charge in [0.05, 0.1) is 10.6 Å². The van der Waals surface area contributed by atoms with Crippen LogP contribution < -0.4 is 15.5 Å². The third-order valence-corrected chi connectivity index (χ3v) is 7.08. The van der Waals surface area contributed by atoms with Crippen LogP contribution in [0.3, 0.4) is 0 Å². The number of imidazole rings is 1. The van der Waals surface area contributed by atoms with E-state index >= 15 is 0 Å². The van der Waals surface area contributed by atoms with E-state index in [-0.39, 0.29) is 17.1 Å². The third kappa shape index (κ3) is 5.88. The summed E-state index contributed by atoms with van der Waals surface area (Å²) in [5, 5.41) is 11.0. The standard InChI is InChI=1S/C25H28N6O5S/c1-4-22-28-23-16(2)14-17(3)27-24(23)31(22)20-10-8-18(9-11-20)12-13-26-25(32)30-37(34,35)21-7-5-6-19(15-21)29-36-33/h5-11,14-15,29,33H,4,12-13H2,1-3H3,(H2,26,30,32). The number of nitrogens with one attached hydrogen (secondary N) is 3. The Balaban J connectivity index is 1.39. The summed E-state index contributed by atoms with van der Waals surface area (Å²) in [4.78, 5) is 25.3. The van der Waals surface area contributed by atoms with Crippen LogP contribution in [0.4, 0.5) is 10.5 Å². The van der Waals surface area contributed by atoms with Crippen molar-refractivity contribution in [3.63, 3.8) is 0 Å². The van der Waals surface area contributed by atoms with Gasteiger partial charge in [0.25, 0.3) is 10.0 Å². The van der Waals surface area contributed by atoms with Gasteiger partial charge in [-0.3, -0.25) is 4.57 Å². The van der Waals surface area contributed by atoms with Crippen molar-refractivity contribution in [3.8, 4) is 5.69 Å². The van der Waals surface area contributed by atoms with Crippen molar-refractivity contribution in [2.45, 2.75) is 38.5 Å². The molecule has 0 fully saturated rings. The van der Waals surface area contributed by atoms with Crippen molar-refractivity contribution >= 4 is 32.9 Å². The minimum atomic E-state index is -4.11. The molecule has 11 nitrogen and oxygen atoms in total. The van der Waals surface area contributed by atoms with Crippen molar-refractivity contribution in [1.82, 2.24) is 24.6 Å². The number of anilines is 1. The third-order valence-electron chi connectivity index (χ3n) is 5.75. The number of hydrogen-bond acceptors (Lipinski definition) is 8. The lowest BCUT2D eigenvalue weighted by Crippen LogP contribution is -2.40. The highest BCUT2D eigenvalue weighted by molar-refractivity contribution is 7.90. The summed E-state index contributed by atoms with van der Waals surface area (Å²) in [5.74, 6) is 0.925. The second kappa shape index (κ2) is 10.9. The number of aryl methyl sites for hydroxylation is 3. The number of rotatable bonds is 9. The molecule has 2 aromatic heterocycles. The Morgan fingerprint density at radius 1 is 1.08 bits per heavy atom. The average molecular weight is 525 g/mol. The number of sulfonamides is 1. The minimum Gasteiger partial charge on any atom is -0.337 e. The second-order valence-corrected chi connectivity index (χ2v) is 10.2. The molecule has 2 aromatic carbocycles. The number of carbonyl (C=O) groups is 1. The predicted molar refractivity (Wildman–Crippen MR) is 139 cm³/mol. The summed E-state index contributed by atoms with van der Waals surface area (Å²) < 4.78 is 28.9. The van der Waals surface area contributed by atoms with Gasteiger partial charge in [0.15, 0.2) is 5.65 Å². The molecule has 0 bridgehead atoms. The number of pyridine rings is 1. The second-order valence-electron chi connectivity index (χ2n) is 8.47. The fourth-order valence-corrected chi connectivity index (χ4v) is 5.02. The molecule has 4 rings (SSSR count). The number of urea groups is 1. The molecule has 0 aliphatic rings. The van der Waals surface area contributed by atoms with E-state index in [9.17, 15) is 13.2 Å². The Kier molecular flexibility index (Phi) is 7.71. The molecule has 0 radical (unpaired) electrons. The number of fused-ring (bicyclic) bond motifs is 1. The van der Waals surface area contributed by atoms with Gasteiger partial charge < -0.3 is 5.32 Å². The molecule has 4 aromatic rings. The summed E-state index contributed by atoms with van der Waals surface area (Å²) in [6.07, 6.45) is 1.26. The first-order valence-electron chi connectivity index (χ1n) is 11.6. The van der Waals surface area contributed by atoms with Crippen LogP contribution >= 0.6 is 0 Å². The van der Waals surface area contributed by atoms with Crippen LogP contribution in [-0.4, -0.2) is 40.8 Å². The summed E-state index contributed by atoms with van der Waals surface area (Å²) in [7, 11) is -4.11. The number of carbonyl (C=O) groups excluding carboxylic acids is 1. The lowest BCUT2D eigenvalue weighted by atomic mass is 10.1. The number of hydrogen-bond donors (Lipinski definition) is 4. The highest BCUT2D eigenvalue weighted by Gasteiger charge is 2.18. The Morgan fingerprint density at radius 2 is 1.84 bits per heavy atom. The van der Waals surface area contributed by atoms with Crippen LogP contribution in [0, 0.1) is 13.8 Å². The molecule has 12 heteroatoms. The Hall–Kier alpha value is -4.00. The largest absolute Gasteiger partial charge is 0.337 e. The van der Waals surface area contributed by atoms with Crippen molar-refractivity contribution < 1.29 is 23.5 Å². The molecule has 0 saturated carbocycles. The fraction of sp³-hybridized carbons (Fsp3) is 0.240. The van der Waals surface area contributed by atoms with Gasteiger partial charge in [0, 0.05) is 24.3 Å². The highest BCUT2D eigenvalue weighted by atomic mass is 32.2. The lowest BCUT2D eigenvalue weighted by molar-refractivity contribution is -0.215. The van der Waals surface area contributed by atoms with Crippen LogP contribution in [0.1, 0.15) is 29.6 Å². The highest BCUT2D eigenvalue weighted by Crippen LogP contribution is 2.24. The van der Waals surface area contributed by atoms with Crippen LogP contribution in [0.15, 0.2) is 59.5 Å². The molecule has 2 amide bonds. The molecule has 194 valence electrons. The zero-order valence-electron chi connectivity index (χ0n) is 20.6. The van der Waals surface area contributed by atoms with Crippen molar-refractivity contribution in [1.29, 1.82) is 0 Å². The van der Waals surface area contributed by atoms with Gasteiger partial charge in [-0.15, -0.1) is 4.99 Å². The van der Waals surface area contributed by atoms with Crippen molar-refractivity contribution in [2.24, 2.45) is 0 Å². The predicted octanol–water partition coefficient (Wildman–Crippen LogP) is 3.65. The van der Waals surface area contributed by atoms with Gasteiger partial charge in [0.2, 0.25) is 0 Å². The molecule has 0 spiro atoms. The van der Waals surface area contributed by atoms with E-state index in [1.54, 1.807) is 0 Å². The summed E-state index contributed by atoms with van der Waals surface area (Å²) in [5.41, 5.74) is 7.96. The van der Waals surface area contributed by atoms with Gasteiger partial charge in [0.1, 0.15) is 11.3 Å². The summed E-state index contributed by atoms with van der Waals surface area (Å²) in [6, 6.07) is 14.5. The Bertz CT molecular complexity index is 1530. The minimum absolute atomic E-state index is 0.168. The maximum atomic E-state index is 12.5. The molecule has 37 heavy (non-hydrogen) atoms. The van der Waals surface area contributed by atoms with Crippen LogP contribution in [0.5, 0.6) is 0 Å². The molecular weight excluding hydrogens is 496 g/mol. The van der Waals surface area contributed by atoms with Gasteiger partial charge >= 0.3 is 6.03 Å². The van der Waals surface area contributed by atoms with E-state index in [2.05, 4.69) is 27.3 Å². The average Bonchev–Trinajstić information content (AvgIpc) is 3.23. The van der Waals surface area contributed by atoms with Crippen LogP contribution in [-0.2, 0) is 27.9 Å². The quantitative estimate of drug-likeness (QED) is 0.192. The molecule has 0 aliphatic heterocycles. The number of aromatic nitrogens is 3. The molecule has 0 aliphatic carbocycles. The van der Waals surface area contributed by atoms with Gasteiger partial charge in [-0.25, -0.2) is 38.6 Å². The molecule has 0 unspecified atom stereocenters. The van der Waals surface area contributed by atoms with Crippen molar-refractivity contribution in [2.75, 3.05) is 12.0 Å². The SMILES string of the molecule is CCc1nc2c(C)cc(C)nc2n1-c1ccc(CCNC(=O)NS(=O)(=O)c2cccc(NOO)c2)cc1. The number of amides is 2. The maximum Gasteiger partial charge on any atom is 0.328 e. The lowest BCUT2D eigenvalue weighted by Gasteiger charge is -2.11. The zero-order valence-corrected chi connectivity index (χ0v) is 21.5. The zero-order chi connectivity index (χ0) is 26.6. The smallest absolute Gasteiger partial charge is 0.328 e. The van der Waals surface area contributed by atoms with Gasteiger partial charge in [-0.1, -0.05) is 25.1 Å². The molecular formula is C25H28N6O5S. The molecule has 0 atom stereocenters. The van der Waals surface area contributed by atoms with Crippen molar-refractivity contribution in [3.05, 3.63) is 77.2 Å². The molecule has 2 heterocycles. The number of benzene rings is 2. The summed E-state index contributed by atoms with van der Waals surface area (Å²) >= 11 is 0. The first-order valence-corrected chi connectivity index (χ1v) is 13.1. The van der Waals surface area contributed by atoms with E-state index in [0.717, 1.165) is 45.9 Å². The normalized spacial score (nSPS) is 11.5. The molecule has 0 saturated heterocycles. The number of nitrogens with zero attached hydrogens (tertiary/aromatic N) is 3. The topological polar surface area (TPSA) is 147 Å². The Morgan fingerprint density at radius 3 is 2.54 bits per heavy atom. The van der Waals surface area contributed by atoms with Gasteiger partial charge in [-0.2, -0.15) is 0 Å². The van der Waals surface area contributed by atoms with Gasteiger partial charge in [-0.05, 0) is 67.8 Å². The van der Waals surface area contributed by atoms with Crippen LogP contribution in [0.25, 0.3) is 16.9 Å². The maximum absolute atomic E-state index is 12.5. The van der Waals surface area contributed by atoms with Crippen LogP contribution in [0.2, 0.25) is 0 Å².